The maximum atomic E-state index is 5.63. The van der Waals surface area contributed by atoms with Gasteiger partial charge in [0.15, 0.2) is 0 Å². The van der Waals surface area contributed by atoms with Crippen LogP contribution in [0.5, 0.6) is 0 Å². The van der Waals surface area contributed by atoms with E-state index < -0.39 is 0 Å². The fourth-order valence-electron chi connectivity index (χ4n) is 1.44. The molecule has 0 aliphatic rings. The van der Waals surface area contributed by atoms with Crippen molar-refractivity contribution in [3.63, 3.8) is 0 Å². The summed E-state index contributed by atoms with van der Waals surface area (Å²) in [7, 11) is 0. The predicted molar refractivity (Wildman–Crippen MR) is 50.3 cm³/mol. The third kappa shape index (κ3) is 4.38. The Labute approximate surface area is 70.3 Å². The maximum absolute atomic E-state index is 5.63. The Hall–Kier alpha value is -0.0800. The Morgan fingerprint density at radius 2 is 1.09 bits per heavy atom. The summed E-state index contributed by atoms with van der Waals surface area (Å²) in [6, 6.07) is 0. The molecule has 0 aliphatic heterocycles. The van der Waals surface area contributed by atoms with E-state index in [0.29, 0.717) is 0 Å². The zero-order valence-electron chi connectivity index (χ0n) is 8.28. The average molecular weight is 158 g/mol. The second-order valence-electron chi connectivity index (χ2n) is 4.91. The van der Waals surface area contributed by atoms with Crippen LogP contribution in [0.2, 0.25) is 0 Å². The van der Waals surface area contributed by atoms with Gasteiger partial charge in [-0.15, -0.1) is 0 Å². The van der Waals surface area contributed by atoms with Gasteiger partial charge in [0.1, 0.15) is 0 Å². The normalized spacial score (nSPS) is 13.6. The lowest BCUT2D eigenvalue weighted by Gasteiger charge is -2.33. The molecule has 0 fully saturated rings. The molecule has 0 aromatic rings. The van der Waals surface area contributed by atoms with Gasteiger partial charge >= 0.3 is 0 Å². The molecule has 0 aliphatic carbocycles. The molecule has 0 spiro atoms. The van der Waals surface area contributed by atoms with Crippen LogP contribution in [0, 0.1) is 10.8 Å². The SMILES string of the molecule is CC(C)(CN)CC(C)(C)CN. The Morgan fingerprint density at radius 3 is 1.27 bits per heavy atom. The van der Waals surface area contributed by atoms with E-state index in [1.807, 2.05) is 0 Å². The summed E-state index contributed by atoms with van der Waals surface area (Å²) >= 11 is 0. The molecule has 4 N–H and O–H groups in total. The lowest BCUT2D eigenvalue weighted by Crippen LogP contribution is -2.34. The van der Waals surface area contributed by atoms with Crippen molar-refractivity contribution in [3.8, 4) is 0 Å². The summed E-state index contributed by atoms with van der Waals surface area (Å²) in [4.78, 5) is 0. The highest BCUT2D eigenvalue weighted by molar-refractivity contribution is 4.80. The average Bonchev–Trinajstić information content (AvgIpc) is 1.86. The molecule has 0 amide bonds. The van der Waals surface area contributed by atoms with E-state index in [1.54, 1.807) is 0 Å². The van der Waals surface area contributed by atoms with Crippen LogP contribution in [0.4, 0.5) is 0 Å². The number of hydrogen-bond donors (Lipinski definition) is 2. The van der Waals surface area contributed by atoms with Gasteiger partial charge in [-0.25, -0.2) is 0 Å². The molecule has 0 saturated heterocycles. The number of rotatable bonds is 4. The van der Waals surface area contributed by atoms with Gasteiger partial charge < -0.3 is 11.5 Å². The summed E-state index contributed by atoms with van der Waals surface area (Å²) < 4.78 is 0. The van der Waals surface area contributed by atoms with Gasteiger partial charge in [0.25, 0.3) is 0 Å². The monoisotopic (exact) mass is 158 g/mol. The fraction of sp³-hybridized carbons (Fsp3) is 1.00. The number of nitrogens with two attached hydrogens (primary N) is 2. The van der Waals surface area contributed by atoms with Gasteiger partial charge in [0.05, 0.1) is 0 Å². The van der Waals surface area contributed by atoms with E-state index in [-0.39, 0.29) is 10.8 Å². The molecule has 11 heavy (non-hydrogen) atoms. The molecule has 0 aromatic heterocycles. The number of hydrogen-bond acceptors (Lipinski definition) is 2. The first-order chi connectivity index (χ1) is 4.83. The summed E-state index contributed by atoms with van der Waals surface area (Å²) in [5.41, 5.74) is 11.7. The first kappa shape index (κ1) is 10.9. The third-order valence-corrected chi connectivity index (χ3v) is 2.06. The summed E-state index contributed by atoms with van der Waals surface area (Å²) in [6.07, 6.45) is 1.09. The topological polar surface area (TPSA) is 52.0 Å². The van der Waals surface area contributed by atoms with Crippen LogP contribution in [0.3, 0.4) is 0 Å². The second kappa shape index (κ2) is 3.55. The van der Waals surface area contributed by atoms with Crippen LogP contribution in [0.15, 0.2) is 0 Å². The van der Waals surface area contributed by atoms with Gasteiger partial charge in [-0.05, 0) is 30.3 Å². The highest BCUT2D eigenvalue weighted by atomic mass is 14.6. The third-order valence-electron chi connectivity index (χ3n) is 2.06. The predicted octanol–water partition coefficient (Wildman–Crippen LogP) is 1.35. The minimum absolute atomic E-state index is 0.225. The van der Waals surface area contributed by atoms with Crippen molar-refractivity contribution in [2.45, 2.75) is 34.1 Å². The molecule has 68 valence electrons. The standard InChI is InChI=1S/C9H22N2/c1-8(2,6-10)5-9(3,4)7-11/h5-7,10-11H2,1-4H3. The van der Waals surface area contributed by atoms with Crippen molar-refractivity contribution < 1.29 is 0 Å². The van der Waals surface area contributed by atoms with Crippen molar-refractivity contribution in [2.24, 2.45) is 22.3 Å². The first-order valence-electron chi connectivity index (χ1n) is 4.23. The van der Waals surface area contributed by atoms with Gasteiger partial charge in [0, 0.05) is 0 Å². The van der Waals surface area contributed by atoms with Crippen LogP contribution < -0.4 is 11.5 Å². The van der Waals surface area contributed by atoms with Crippen LogP contribution in [0.25, 0.3) is 0 Å². The van der Waals surface area contributed by atoms with Gasteiger partial charge in [-0.1, -0.05) is 27.7 Å². The van der Waals surface area contributed by atoms with E-state index in [2.05, 4.69) is 27.7 Å². The molecule has 0 rings (SSSR count). The van der Waals surface area contributed by atoms with Gasteiger partial charge in [-0.3, -0.25) is 0 Å². The summed E-state index contributed by atoms with van der Waals surface area (Å²) in [5, 5.41) is 0. The zero-order valence-corrected chi connectivity index (χ0v) is 8.28. The highest BCUT2D eigenvalue weighted by Gasteiger charge is 2.26. The molecule has 0 aromatic carbocycles. The molecule has 0 radical (unpaired) electrons. The van der Waals surface area contributed by atoms with Crippen LogP contribution in [-0.2, 0) is 0 Å². The van der Waals surface area contributed by atoms with Crippen molar-refractivity contribution in [1.29, 1.82) is 0 Å². The molecule has 0 atom stereocenters. The Morgan fingerprint density at radius 1 is 0.818 bits per heavy atom. The van der Waals surface area contributed by atoms with E-state index in [0.717, 1.165) is 19.5 Å². The second-order valence-corrected chi connectivity index (χ2v) is 4.91. The molecular formula is C9H22N2. The Bertz CT molecular complexity index is 103. The van der Waals surface area contributed by atoms with Crippen molar-refractivity contribution in [1.82, 2.24) is 0 Å². The molecule has 2 heteroatoms. The van der Waals surface area contributed by atoms with Crippen molar-refractivity contribution in [2.75, 3.05) is 13.1 Å². The lowest BCUT2D eigenvalue weighted by molar-refractivity contribution is 0.208. The minimum Gasteiger partial charge on any atom is -0.330 e. The molecule has 0 bridgehead atoms. The van der Waals surface area contributed by atoms with E-state index in [1.165, 1.54) is 0 Å². The fourth-order valence-corrected chi connectivity index (χ4v) is 1.44. The molecular weight excluding hydrogens is 136 g/mol. The van der Waals surface area contributed by atoms with E-state index >= 15 is 0 Å². The zero-order chi connectivity index (χ0) is 9.12. The van der Waals surface area contributed by atoms with Crippen molar-refractivity contribution >= 4 is 0 Å². The Kier molecular flexibility index (Phi) is 3.52. The smallest absolute Gasteiger partial charge is 0.00256 e. The molecule has 0 saturated carbocycles. The van der Waals surface area contributed by atoms with Crippen LogP contribution in [0.1, 0.15) is 34.1 Å². The van der Waals surface area contributed by atoms with E-state index in [4.69, 9.17) is 11.5 Å². The van der Waals surface area contributed by atoms with Gasteiger partial charge in [-0.2, -0.15) is 0 Å². The van der Waals surface area contributed by atoms with Gasteiger partial charge in [0.2, 0.25) is 0 Å². The first-order valence-corrected chi connectivity index (χ1v) is 4.23. The van der Waals surface area contributed by atoms with Crippen LogP contribution in [-0.4, -0.2) is 13.1 Å². The highest BCUT2D eigenvalue weighted by Crippen LogP contribution is 2.31. The largest absolute Gasteiger partial charge is 0.330 e. The van der Waals surface area contributed by atoms with Crippen molar-refractivity contribution in [3.05, 3.63) is 0 Å². The van der Waals surface area contributed by atoms with Crippen LogP contribution >= 0.6 is 0 Å². The lowest BCUT2D eigenvalue weighted by atomic mass is 9.75. The van der Waals surface area contributed by atoms with E-state index in [9.17, 15) is 0 Å². The Balaban J connectivity index is 4.02. The molecule has 0 unspecified atom stereocenters. The molecule has 2 nitrogen and oxygen atoms in total. The minimum atomic E-state index is 0.225. The molecule has 0 heterocycles. The maximum Gasteiger partial charge on any atom is -0.00256 e. The summed E-state index contributed by atoms with van der Waals surface area (Å²) in [5.74, 6) is 0. The summed E-state index contributed by atoms with van der Waals surface area (Å²) in [6.45, 7) is 10.2. The quantitative estimate of drug-likeness (QED) is 0.649.